The summed E-state index contributed by atoms with van der Waals surface area (Å²) in [6.45, 7) is 2.39. The van der Waals surface area contributed by atoms with Crippen LogP contribution in [-0.2, 0) is 13.0 Å². The predicted octanol–water partition coefficient (Wildman–Crippen LogP) is 4.37. The number of hydrogen-bond donors (Lipinski definition) is 1. The third kappa shape index (κ3) is 4.32. The van der Waals surface area contributed by atoms with Crippen molar-refractivity contribution in [1.82, 2.24) is 15.2 Å². The van der Waals surface area contributed by atoms with Gasteiger partial charge in [0, 0.05) is 42.1 Å². The van der Waals surface area contributed by atoms with Crippen LogP contribution in [0.3, 0.4) is 0 Å². The molecule has 1 aromatic heterocycles. The lowest BCUT2D eigenvalue weighted by molar-refractivity contribution is 0.0927. The molecule has 142 valence electrons. The van der Waals surface area contributed by atoms with Crippen molar-refractivity contribution in [1.29, 1.82) is 0 Å². The highest BCUT2D eigenvalue weighted by Gasteiger charge is 2.25. The van der Waals surface area contributed by atoms with E-state index in [2.05, 4.69) is 61.5 Å². The molecule has 1 N–H and O–H groups in total. The topological polar surface area (TPSA) is 45.2 Å². The molecular formula is C23H22BrN3O. The van der Waals surface area contributed by atoms with Crippen molar-refractivity contribution >= 4 is 21.8 Å². The minimum Gasteiger partial charge on any atom is -0.350 e. The highest BCUT2D eigenvalue weighted by molar-refractivity contribution is 9.10. The lowest BCUT2D eigenvalue weighted by atomic mass is 9.97. The number of fused-ring (bicyclic) bond motifs is 1. The number of carbonyl (C=O) groups excluding carboxylic acids is 1. The van der Waals surface area contributed by atoms with E-state index in [9.17, 15) is 4.79 Å². The first-order valence-corrected chi connectivity index (χ1v) is 10.2. The van der Waals surface area contributed by atoms with Crippen LogP contribution >= 0.6 is 15.9 Å². The molecule has 4 rings (SSSR count). The Hall–Kier alpha value is -2.50. The minimum absolute atomic E-state index is 0.0567. The molecule has 3 aromatic rings. The molecule has 0 saturated carbocycles. The number of halogens is 1. The van der Waals surface area contributed by atoms with Gasteiger partial charge in [-0.25, -0.2) is 0 Å². The predicted molar refractivity (Wildman–Crippen MR) is 114 cm³/mol. The lowest BCUT2D eigenvalue weighted by Gasteiger charge is -2.36. The fourth-order valence-electron chi connectivity index (χ4n) is 3.71. The maximum atomic E-state index is 12.6. The van der Waals surface area contributed by atoms with Crippen molar-refractivity contribution < 1.29 is 4.79 Å². The van der Waals surface area contributed by atoms with Gasteiger partial charge in [-0.2, -0.15) is 0 Å². The summed E-state index contributed by atoms with van der Waals surface area (Å²) in [5.41, 5.74) is 4.57. The van der Waals surface area contributed by atoms with Crippen molar-refractivity contribution in [3.8, 4) is 0 Å². The number of amides is 1. The molecule has 0 fully saturated rings. The number of nitrogens with zero attached hydrogens (tertiary/aromatic N) is 2. The largest absolute Gasteiger partial charge is 0.350 e. The summed E-state index contributed by atoms with van der Waals surface area (Å²) in [5.74, 6) is -0.0567. The first-order chi connectivity index (χ1) is 13.7. The van der Waals surface area contributed by atoms with E-state index in [0.717, 1.165) is 29.5 Å². The van der Waals surface area contributed by atoms with Crippen LogP contribution in [0, 0.1) is 0 Å². The summed E-state index contributed by atoms with van der Waals surface area (Å²) in [5, 5.41) is 3.11. The van der Waals surface area contributed by atoms with Gasteiger partial charge in [0.2, 0.25) is 0 Å². The Labute approximate surface area is 173 Å². The van der Waals surface area contributed by atoms with Crippen molar-refractivity contribution in [3.63, 3.8) is 0 Å². The Morgan fingerprint density at radius 2 is 1.86 bits per heavy atom. The molecule has 0 bridgehead atoms. The van der Waals surface area contributed by atoms with Crippen molar-refractivity contribution in [2.75, 3.05) is 13.1 Å². The smallest absolute Gasteiger partial charge is 0.251 e. The van der Waals surface area contributed by atoms with Gasteiger partial charge >= 0.3 is 0 Å². The summed E-state index contributed by atoms with van der Waals surface area (Å²) >= 11 is 3.41. The van der Waals surface area contributed by atoms with Gasteiger partial charge in [0.05, 0.1) is 6.04 Å². The highest BCUT2D eigenvalue weighted by atomic mass is 79.9. The van der Waals surface area contributed by atoms with E-state index in [1.165, 1.54) is 11.1 Å². The quantitative estimate of drug-likeness (QED) is 0.646. The molecule has 0 spiro atoms. The van der Waals surface area contributed by atoms with E-state index in [0.29, 0.717) is 12.1 Å². The number of aromatic nitrogens is 1. The maximum absolute atomic E-state index is 12.6. The Morgan fingerprint density at radius 1 is 1.07 bits per heavy atom. The van der Waals surface area contributed by atoms with Crippen LogP contribution in [0.1, 0.15) is 33.1 Å². The second-order valence-electron chi connectivity index (χ2n) is 7.01. The average Bonchev–Trinajstić information content (AvgIpc) is 2.75. The number of benzene rings is 2. The van der Waals surface area contributed by atoms with Crippen LogP contribution in [0.2, 0.25) is 0 Å². The molecule has 1 aliphatic rings. The molecule has 0 radical (unpaired) electrons. The number of hydrogen-bond acceptors (Lipinski definition) is 3. The van der Waals surface area contributed by atoms with E-state index < -0.39 is 0 Å². The third-order valence-corrected chi connectivity index (χ3v) is 5.76. The van der Waals surface area contributed by atoms with Gasteiger partial charge in [-0.3, -0.25) is 14.7 Å². The van der Waals surface area contributed by atoms with Crippen LogP contribution in [-0.4, -0.2) is 28.9 Å². The van der Waals surface area contributed by atoms with Crippen LogP contribution < -0.4 is 5.32 Å². The normalized spacial score (nSPS) is 14.9. The molecule has 1 unspecified atom stereocenters. The zero-order valence-corrected chi connectivity index (χ0v) is 17.1. The molecule has 2 aromatic carbocycles. The van der Waals surface area contributed by atoms with Crippen molar-refractivity contribution in [3.05, 3.63) is 99.8 Å². The van der Waals surface area contributed by atoms with Gasteiger partial charge in [0.15, 0.2) is 0 Å². The Kier molecular flexibility index (Phi) is 5.84. The van der Waals surface area contributed by atoms with Crippen LogP contribution in [0.5, 0.6) is 0 Å². The molecule has 1 aliphatic heterocycles. The molecule has 0 saturated heterocycles. The van der Waals surface area contributed by atoms with E-state index in [1.807, 2.05) is 36.5 Å². The minimum atomic E-state index is -0.0567. The second-order valence-corrected chi connectivity index (χ2v) is 7.92. The SMILES string of the molecule is O=C(NCC(c1cccnc1)N1CCc2ccccc2C1)c1ccc(Br)cc1. The molecule has 0 aliphatic carbocycles. The van der Waals surface area contributed by atoms with Crippen molar-refractivity contribution in [2.24, 2.45) is 0 Å². The Balaban J connectivity index is 1.52. The molecule has 2 heterocycles. The van der Waals surface area contributed by atoms with E-state index in [1.54, 1.807) is 6.20 Å². The lowest BCUT2D eigenvalue weighted by Crippen LogP contribution is -2.40. The molecule has 4 nitrogen and oxygen atoms in total. The van der Waals surface area contributed by atoms with Gasteiger partial charge in [-0.15, -0.1) is 0 Å². The number of carbonyl (C=O) groups is 1. The summed E-state index contributed by atoms with van der Waals surface area (Å²) < 4.78 is 0.962. The molecule has 28 heavy (non-hydrogen) atoms. The highest BCUT2D eigenvalue weighted by Crippen LogP contribution is 2.27. The van der Waals surface area contributed by atoms with E-state index in [4.69, 9.17) is 0 Å². The fraction of sp³-hybridized carbons (Fsp3) is 0.217. The van der Waals surface area contributed by atoms with Crippen LogP contribution in [0.15, 0.2) is 77.5 Å². The Morgan fingerprint density at radius 3 is 2.61 bits per heavy atom. The van der Waals surface area contributed by atoms with Gasteiger partial charge in [0.25, 0.3) is 5.91 Å². The maximum Gasteiger partial charge on any atom is 0.251 e. The third-order valence-electron chi connectivity index (χ3n) is 5.23. The van der Waals surface area contributed by atoms with Gasteiger partial charge in [-0.05, 0) is 53.4 Å². The zero-order chi connectivity index (χ0) is 19.3. The zero-order valence-electron chi connectivity index (χ0n) is 15.5. The summed E-state index contributed by atoms with van der Waals surface area (Å²) in [6, 6.07) is 20.2. The second kappa shape index (κ2) is 8.67. The summed E-state index contributed by atoms with van der Waals surface area (Å²) in [4.78, 5) is 19.3. The monoisotopic (exact) mass is 435 g/mol. The van der Waals surface area contributed by atoms with Crippen molar-refractivity contribution in [2.45, 2.75) is 19.0 Å². The standard InChI is InChI=1S/C23H22BrN3O/c24-21-9-7-18(8-10-21)23(28)26-15-22(19-6-3-12-25-14-19)27-13-11-17-4-1-2-5-20(17)16-27/h1-10,12,14,22H,11,13,15-16H2,(H,26,28). The molecule has 1 amide bonds. The van der Waals surface area contributed by atoms with Gasteiger partial charge < -0.3 is 5.32 Å². The average molecular weight is 436 g/mol. The fourth-order valence-corrected chi connectivity index (χ4v) is 3.97. The van der Waals surface area contributed by atoms with Gasteiger partial charge in [-0.1, -0.05) is 46.3 Å². The Bertz CT molecular complexity index is 944. The number of nitrogens with one attached hydrogen (secondary N) is 1. The molecule has 1 atom stereocenters. The summed E-state index contributed by atoms with van der Waals surface area (Å²) in [7, 11) is 0. The van der Waals surface area contributed by atoms with Crippen LogP contribution in [0.4, 0.5) is 0 Å². The molecular weight excluding hydrogens is 414 g/mol. The van der Waals surface area contributed by atoms with E-state index in [-0.39, 0.29) is 11.9 Å². The summed E-state index contributed by atoms with van der Waals surface area (Å²) in [6.07, 6.45) is 4.71. The van der Waals surface area contributed by atoms with E-state index >= 15 is 0 Å². The molecule has 5 heteroatoms. The van der Waals surface area contributed by atoms with Gasteiger partial charge in [0.1, 0.15) is 0 Å². The van der Waals surface area contributed by atoms with Crippen LogP contribution in [0.25, 0.3) is 0 Å². The number of pyridine rings is 1. The number of rotatable bonds is 5. The first-order valence-electron chi connectivity index (χ1n) is 9.45. The first kappa shape index (κ1) is 18.8.